The van der Waals surface area contributed by atoms with E-state index in [4.69, 9.17) is 0 Å². The van der Waals surface area contributed by atoms with E-state index in [-0.39, 0.29) is 0 Å². The molecule has 2 saturated heterocycles. The maximum absolute atomic E-state index is 3.64. The smallest absolute Gasteiger partial charge is 0.00792 e. The molecule has 0 aromatic carbocycles. The lowest BCUT2D eigenvalue weighted by atomic mass is 9.98. The van der Waals surface area contributed by atoms with Gasteiger partial charge in [0.2, 0.25) is 0 Å². The zero-order valence-corrected chi connectivity index (χ0v) is 10.2. The predicted molar refractivity (Wildman–Crippen MR) is 65.1 cm³/mol. The van der Waals surface area contributed by atoms with E-state index in [9.17, 15) is 0 Å². The first kappa shape index (κ1) is 11.4. The SMILES string of the molecule is CC1CCN(CCC2CCCCN2)CC1. The van der Waals surface area contributed by atoms with Crippen LogP contribution in [0.3, 0.4) is 0 Å². The number of likely N-dealkylation sites (tertiary alicyclic amines) is 1. The molecule has 2 nitrogen and oxygen atoms in total. The molecule has 1 unspecified atom stereocenters. The maximum Gasteiger partial charge on any atom is 0.00792 e. The summed E-state index contributed by atoms with van der Waals surface area (Å²) >= 11 is 0. The molecule has 2 rings (SSSR count). The number of hydrogen-bond donors (Lipinski definition) is 1. The molecule has 0 amide bonds. The molecule has 0 radical (unpaired) electrons. The molecule has 1 N–H and O–H groups in total. The fourth-order valence-electron chi connectivity index (χ4n) is 2.79. The topological polar surface area (TPSA) is 15.3 Å². The Hall–Kier alpha value is -0.0800. The van der Waals surface area contributed by atoms with Gasteiger partial charge >= 0.3 is 0 Å². The molecule has 0 aliphatic carbocycles. The molecule has 2 fully saturated rings. The van der Waals surface area contributed by atoms with Crippen molar-refractivity contribution in [3.05, 3.63) is 0 Å². The third-order valence-corrected chi connectivity index (χ3v) is 4.08. The van der Waals surface area contributed by atoms with Gasteiger partial charge in [-0.1, -0.05) is 13.3 Å². The van der Waals surface area contributed by atoms with Crippen LogP contribution in [0.4, 0.5) is 0 Å². The van der Waals surface area contributed by atoms with Gasteiger partial charge < -0.3 is 10.2 Å². The van der Waals surface area contributed by atoms with E-state index in [1.807, 2.05) is 0 Å². The summed E-state index contributed by atoms with van der Waals surface area (Å²) in [5, 5.41) is 3.64. The van der Waals surface area contributed by atoms with E-state index in [2.05, 4.69) is 17.1 Å². The third-order valence-electron chi connectivity index (χ3n) is 4.08. The molecular weight excluding hydrogens is 184 g/mol. The molecule has 2 aliphatic rings. The van der Waals surface area contributed by atoms with Crippen molar-refractivity contribution in [2.24, 2.45) is 5.92 Å². The number of rotatable bonds is 3. The van der Waals surface area contributed by atoms with Crippen LogP contribution in [0, 0.1) is 5.92 Å². The number of nitrogens with one attached hydrogen (secondary N) is 1. The van der Waals surface area contributed by atoms with Crippen molar-refractivity contribution in [1.82, 2.24) is 10.2 Å². The van der Waals surface area contributed by atoms with E-state index in [0.29, 0.717) is 0 Å². The fourth-order valence-corrected chi connectivity index (χ4v) is 2.79. The molecule has 15 heavy (non-hydrogen) atoms. The first-order chi connectivity index (χ1) is 7.34. The van der Waals surface area contributed by atoms with Gasteiger partial charge in [0.05, 0.1) is 0 Å². The van der Waals surface area contributed by atoms with Gasteiger partial charge in [-0.05, 0) is 64.2 Å². The van der Waals surface area contributed by atoms with Crippen LogP contribution >= 0.6 is 0 Å². The second-order valence-corrected chi connectivity index (χ2v) is 5.46. The minimum absolute atomic E-state index is 0.818. The van der Waals surface area contributed by atoms with E-state index in [1.54, 1.807) is 0 Å². The van der Waals surface area contributed by atoms with Crippen LogP contribution in [0.25, 0.3) is 0 Å². The van der Waals surface area contributed by atoms with Gasteiger partial charge in [-0.2, -0.15) is 0 Å². The monoisotopic (exact) mass is 210 g/mol. The summed E-state index contributed by atoms with van der Waals surface area (Å²) in [6.45, 7) is 7.65. The van der Waals surface area contributed by atoms with Crippen molar-refractivity contribution in [1.29, 1.82) is 0 Å². The summed E-state index contributed by atoms with van der Waals surface area (Å²) in [6, 6.07) is 0.818. The molecule has 0 saturated carbocycles. The van der Waals surface area contributed by atoms with Crippen molar-refractivity contribution in [3.63, 3.8) is 0 Å². The Labute approximate surface area is 94.4 Å². The van der Waals surface area contributed by atoms with E-state index in [0.717, 1.165) is 12.0 Å². The Bertz CT molecular complexity index is 167. The van der Waals surface area contributed by atoms with Crippen molar-refractivity contribution in [2.75, 3.05) is 26.2 Å². The minimum atomic E-state index is 0.818. The summed E-state index contributed by atoms with van der Waals surface area (Å²) in [4.78, 5) is 2.66. The third kappa shape index (κ3) is 3.76. The molecule has 2 heteroatoms. The average molecular weight is 210 g/mol. The summed E-state index contributed by atoms with van der Waals surface area (Å²) in [7, 11) is 0. The van der Waals surface area contributed by atoms with Crippen molar-refractivity contribution in [2.45, 2.75) is 51.5 Å². The Morgan fingerprint density at radius 3 is 2.60 bits per heavy atom. The molecule has 2 heterocycles. The Morgan fingerprint density at radius 1 is 1.13 bits per heavy atom. The minimum Gasteiger partial charge on any atom is -0.314 e. The number of nitrogens with zero attached hydrogens (tertiary/aromatic N) is 1. The molecule has 1 atom stereocenters. The van der Waals surface area contributed by atoms with Crippen LogP contribution in [-0.2, 0) is 0 Å². The Balaban J connectivity index is 1.60. The van der Waals surface area contributed by atoms with Crippen LogP contribution < -0.4 is 5.32 Å². The van der Waals surface area contributed by atoms with Gasteiger partial charge in [-0.3, -0.25) is 0 Å². The molecule has 0 spiro atoms. The maximum atomic E-state index is 3.64. The summed E-state index contributed by atoms with van der Waals surface area (Å²) in [5.74, 6) is 0.967. The fraction of sp³-hybridized carbons (Fsp3) is 1.00. The van der Waals surface area contributed by atoms with Crippen LogP contribution in [0.15, 0.2) is 0 Å². The van der Waals surface area contributed by atoms with Gasteiger partial charge in [0.1, 0.15) is 0 Å². The van der Waals surface area contributed by atoms with Crippen LogP contribution in [-0.4, -0.2) is 37.1 Å². The Kier molecular flexibility index (Phi) is 4.45. The normalized spacial score (nSPS) is 30.6. The second-order valence-electron chi connectivity index (χ2n) is 5.46. The lowest BCUT2D eigenvalue weighted by Crippen LogP contribution is -2.39. The highest BCUT2D eigenvalue weighted by molar-refractivity contribution is 4.75. The summed E-state index contributed by atoms with van der Waals surface area (Å²) < 4.78 is 0. The molecular formula is C13H26N2. The molecule has 2 aliphatic heterocycles. The zero-order valence-electron chi connectivity index (χ0n) is 10.2. The lowest BCUT2D eigenvalue weighted by Gasteiger charge is -2.32. The average Bonchev–Trinajstić information content (AvgIpc) is 2.30. The van der Waals surface area contributed by atoms with Crippen LogP contribution in [0.5, 0.6) is 0 Å². The predicted octanol–water partition coefficient (Wildman–Crippen LogP) is 2.25. The summed E-state index contributed by atoms with van der Waals surface area (Å²) in [6.07, 6.45) is 8.43. The van der Waals surface area contributed by atoms with Crippen LogP contribution in [0.2, 0.25) is 0 Å². The largest absolute Gasteiger partial charge is 0.314 e. The highest BCUT2D eigenvalue weighted by atomic mass is 15.1. The van der Waals surface area contributed by atoms with Crippen molar-refractivity contribution in [3.8, 4) is 0 Å². The highest BCUT2D eigenvalue weighted by Crippen LogP contribution is 2.17. The molecule has 0 bridgehead atoms. The van der Waals surface area contributed by atoms with Gasteiger partial charge in [-0.25, -0.2) is 0 Å². The number of piperidine rings is 2. The van der Waals surface area contributed by atoms with Crippen LogP contribution in [0.1, 0.15) is 45.4 Å². The standard InChI is InChI=1S/C13H26N2/c1-12-5-9-15(10-6-12)11-7-13-4-2-3-8-14-13/h12-14H,2-11H2,1H3. The summed E-state index contributed by atoms with van der Waals surface area (Å²) in [5.41, 5.74) is 0. The van der Waals surface area contributed by atoms with Gasteiger partial charge in [0, 0.05) is 6.04 Å². The Morgan fingerprint density at radius 2 is 1.93 bits per heavy atom. The van der Waals surface area contributed by atoms with E-state index >= 15 is 0 Å². The molecule has 88 valence electrons. The molecule has 0 aromatic heterocycles. The quantitative estimate of drug-likeness (QED) is 0.768. The molecule has 0 aromatic rings. The second kappa shape index (κ2) is 5.86. The van der Waals surface area contributed by atoms with Gasteiger partial charge in [0.25, 0.3) is 0 Å². The van der Waals surface area contributed by atoms with E-state index < -0.39 is 0 Å². The number of hydrogen-bond acceptors (Lipinski definition) is 2. The van der Waals surface area contributed by atoms with E-state index in [1.165, 1.54) is 64.7 Å². The van der Waals surface area contributed by atoms with Crippen molar-refractivity contribution < 1.29 is 0 Å². The highest BCUT2D eigenvalue weighted by Gasteiger charge is 2.17. The first-order valence-electron chi connectivity index (χ1n) is 6.80. The van der Waals surface area contributed by atoms with Crippen molar-refractivity contribution >= 4 is 0 Å². The zero-order chi connectivity index (χ0) is 10.5. The van der Waals surface area contributed by atoms with Gasteiger partial charge in [-0.15, -0.1) is 0 Å². The van der Waals surface area contributed by atoms with Gasteiger partial charge in [0.15, 0.2) is 0 Å². The lowest BCUT2D eigenvalue weighted by molar-refractivity contribution is 0.180. The first-order valence-corrected chi connectivity index (χ1v) is 6.80.